The number of hydrogen-bond donors (Lipinski definition) is 2. The van der Waals surface area contributed by atoms with E-state index in [1.54, 1.807) is 0 Å². The van der Waals surface area contributed by atoms with Gasteiger partial charge in [-0.05, 0) is 11.8 Å². The smallest absolute Gasteiger partial charge is 0.390 e. The molecule has 9 heteroatoms. The van der Waals surface area contributed by atoms with E-state index in [-0.39, 0.29) is 35.6 Å². The second-order valence-corrected chi connectivity index (χ2v) is 6.81. The van der Waals surface area contributed by atoms with E-state index in [4.69, 9.17) is 0 Å². The molecule has 1 rings (SSSR count). The fourth-order valence-corrected chi connectivity index (χ4v) is 3.66. The van der Waals surface area contributed by atoms with Gasteiger partial charge < -0.3 is 10.4 Å². The summed E-state index contributed by atoms with van der Waals surface area (Å²) in [5, 5.41) is 11.9. The van der Waals surface area contributed by atoms with E-state index in [2.05, 4.69) is 5.32 Å². The van der Waals surface area contributed by atoms with Gasteiger partial charge >= 0.3 is 5.51 Å². The Morgan fingerprint density at radius 1 is 1.38 bits per heavy atom. The topological polar surface area (TPSA) is 66.4 Å². The number of nitrogens with one attached hydrogen (secondary N) is 1. The molecule has 4 nitrogen and oxygen atoms in total. The third-order valence-electron chi connectivity index (χ3n) is 2.10. The van der Waals surface area contributed by atoms with Gasteiger partial charge in [-0.25, -0.2) is 8.42 Å². The molecule has 1 saturated heterocycles. The van der Waals surface area contributed by atoms with Crippen molar-refractivity contribution < 1.29 is 26.7 Å². The number of halogens is 3. The summed E-state index contributed by atoms with van der Waals surface area (Å²) in [5.41, 5.74) is -4.28. The number of aliphatic hydroxyl groups is 1. The van der Waals surface area contributed by atoms with Gasteiger partial charge in [-0.1, -0.05) is 0 Å². The van der Waals surface area contributed by atoms with Gasteiger partial charge in [0.25, 0.3) is 0 Å². The highest BCUT2D eigenvalue weighted by atomic mass is 32.2. The summed E-state index contributed by atoms with van der Waals surface area (Å²) in [6.07, 6.45) is -1.03. The van der Waals surface area contributed by atoms with Crippen LogP contribution in [-0.4, -0.2) is 55.0 Å². The minimum absolute atomic E-state index is 0.0153. The Morgan fingerprint density at radius 3 is 2.44 bits per heavy atom. The van der Waals surface area contributed by atoms with Crippen LogP contribution in [0.3, 0.4) is 0 Å². The molecule has 0 aromatic carbocycles. The van der Waals surface area contributed by atoms with Crippen molar-refractivity contribution in [2.45, 2.75) is 17.7 Å². The number of thioether (sulfide) groups is 1. The molecule has 2 N–H and O–H groups in total. The average molecular weight is 279 g/mol. The van der Waals surface area contributed by atoms with E-state index in [1.165, 1.54) is 0 Å². The van der Waals surface area contributed by atoms with Gasteiger partial charge in [-0.2, -0.15) is 13.2 Å². The van der Waals surface area contributed by atoms with Crippen LogP contribution in [0.1, 0.15) is 0 Å². The summed E-state index contributed by atoms with van der Waals surface area (Å²) in [6, 6.07) is -0.654. The van der Waals surface area contributed by atoms with Crippen molar-refractivity contribution in [1.82, 2.24) is 5.32 Å². The zero-order valence-electron chi connectivity index (χ0n) is 8.20. The zero-order valence-corrected chi connectivity index (χ0v) is 9.83. The van der Waals surface area contributed by atoms with Crippen molar-refractivity contribution >= 4 is 21.6 Å². The fraction of sp³-hybridized carbons (Fsp3) is 1.00. The van der Waals surface area contributed by atoms with Crippen LogP contribution >= 0.6 is 11.8 Å². The Morgan fingerprint density at radius 2 is 2.00 bits per heavy atom. The first-order valence-electron chi connectivity index (χ1n) is 4.52. The fourth-order valence-electron chi connectivity index (χ4n) is 1.44. The SMILES string of the molecule is O=S1(=O)CC(O)C(NCCSC(F)(F)F)C1. The van der Waals surface area contributed by atoms with E-state index >= 15 is 0 Å². The molecule has 1 aliphatic rings. The second-order valence-electron chi connectivity index (χ2n) is 3.50. The minimum atomic E-state index is -4.28. The molecule has 0 aliphatic carbocycles. The lowest BCUT2D eigenvalue weighted by Gasteiger charge is -2.14. The van der Waals surface area contributed by atoms with E-state index in [1.807, 2.05) is 0 Å². The number of alkyl halides is 3. The summed E-state index contributed by atoms with van der Waals surface area (Å²) in [4.78, 5) is 0. The van der Waals surface area contributed by atoms with Gasteiger partial charge in [0.1, 0.15) is 0 Å². The molecule has 0 aromatic rings. The average Bonchev–Trinajstić information content (AvgIpc) is 2.32. The lowest BCUT2D eigenvalue weighted by molar-refractivity contribution is -0.0327. The molecular formula is C7H12F3NO3S2. The maximum absolute atomic E-state index is 11.7. The number of rotatable bonds is 4. The number of aliphatic hydroxyl groups excluding tert-OH is 1. The van der Waals surface area contributed by atoms with Crippen LogP contribution < -0.4 is 5.32 Å². The van der Waals surface area contributed by atoms with Gasteiger partial charge in [-0.15, -0.1) is 0 Å². The highest BCUT2D eigenvalue weighted by Crippen LogP contribution is 2.29. The molecule has 96 valence electrons. The lowest BCUT2D eigenvalue weighted by atomic mass is 10.2. The van der Waals surface area contributed by atoms with E-state index in [9.17, 15) is 26.7 Å². The molecule has 16 heavy (non-hydrogen) atoms. The lowest BCUT2D eigenvalue weighted by Crippen LogP contribution is -2.40. The van der Waals surface area contributed by atoms with Crippen molar-refractivity contribution in [3.05, 3.63) is 0 Å². The molecular weight excluding hydrogens is 267 g/mol. The van der Waals surface area contributed by atoms with E-state index in [0.717, 1.165) is 0 Å². The molecule has 0 bridgehead atoms. The first kappa shape index (κ1) is 14.1. The highest BCUT2D eigenvalue weighted by Gasteiger charge is 2.36. The number of sulfone groups is 1. The molecule has 0 radical (unpaired) electrons. The van der Waals surface area contributed by atoms with Crippen molar-refractivity contribution in [2.75, 3.05) is 23.8 Å². The van der Waals surface area contributed by atoms with Crippen LogP contribution in [0.25, 0.3) is 0 Å². The molecule has 2 atom stereocenters. The summed E-state index contributed by atoms with van der Waals surface area (Å²) < 4.78 is 57.4. The summed E-state index contributed by atoms with van der Waals surface area (Å²) in [6.45, 7) is 0.0153. The maximum Gasteiger partial charge on any atom is 0.441 e. The second kappa shape index (κ2) is 5.11. The van der Waals surface area contributed by atoms with Crippen molar-refractivity contribution in [2.24, 2.45) is 0 Å². The third-order valence-corrected chi connectivity index (χ3v) is 4.55. The molecule has 1 fully saturated rings. The van der Waals surface area contributed by atoms with Gasteiger partial charge in [0, 0.05) is 18.3 Å². The van der Waals surface area contributed by atoms with Gasteiger partial charge in [0.15, 0.2) is 9.84 Å². The van der Waals surface area contributed by atoms with Gasteiger partial charge in [-0.3, -0.25) is 0 Å². The summed E-state index contributed by atoms with van der Waals surface area (Å²) in [7, 11) is -3.25. The van der Waals surface area contributed by atoms with Crippen LogP contribution in [-0.2, 0) is 9.84 Å². The first-order valence-corrected chi connectivity index (χ1v) is 7.33. The Bertz CT molecular complexity index is 330. The Kier molecular flexibility index (Phi) is 4.49. The highest BCUT2D eigenvalue weighted by molar-refractivity contribution is 8.00. The molecule has 0 spiro atoms. The van der Waals surface area contributed by atoms with Crippen LogP contribution in [0.15, 0.2) is 0 Å². The van der Waals surface area contributed by atoms with Crippen LogP contribution in [0.2, 0.25) is 0 Å². The number of hydrogen-bond acceptors (Lipinski definition) is 5. The van der Waals surface area contributed by atoms with Gasteiger partial charge in [0.2, 0.25) is 0 Å². The molecule has 0 saturated carbocycles. The quantitative estimate of drug-likeness (QED) is 0.708. The Balaban J connectivity index is 2.24. The van der Waals surface area contributed by atoms with Crippen LogP contribution in [0, 0.1) is 0 Å². The largest absolute Gasteiger partial charge is 0.441 e. The Labute approximate surface area is 95.5 Å². The monoisotopic (exact) mass is 279 g/mol. The predicted molar refractivity (Wildman–Crippen MR) is 55.0 cm³/mol. The summed E-state index contributed by atoms with van der Waals surface area (Å²) in [5.74, 6) is -0.741. The normalized spacial score (nSPS) is 29.5. The summed E-state index contributed by atoms with van der Waals surface area (Å²) >= 11 is -0.176. The molecule has 2 unspecified atom stereocenters. The van der Waals surface area contributed by atoms with E-state index < -0.39 is 27.5 Å². The minimum Gasteiger partial charge on any atom is -0.390 e. The van der Waals surface area contributed by atoms with Crippen molar-refractivity contribution in [3.63, 3.8) is 0 Å². The molecule has 1 aliphatic heterocycles. The van der Waals surface area contributed by atoms with Crippen LogP contribution in [0.5, 0.6) is 0 Å². The van der Waals surface area contributed by atoms with Crippen LogP contribution in [0.4, 0.5) is 13.2 Å². The third kappa shape index (κ3) is 4.89. The van der Waals surface area contributed by atoms with Crippen molar-refractivity contribution in [1.29, 1.82) is 0 Å². The van der Waals surface area contributed by atoms with Gasteiger partial charge in [0.05, 0.1) is 17.6 Å². The molecule has 0 aromatic heterocycles. The predicted octanol–water partition coefficient (Wildman–Crippen LogP) is -0.0131. The standard InChI is InChI=1S/C7H12F3NO3S2/c8-7(9,10)15-2-1-11-5-3-16(13,14)4-6(5)12/h5-6,11-12H,1-4H2. The first-order chi connectivity index (χ1) is 7.20. The van der Waals surface area contributed by atoms with E-state index in [0.29, 0.717) is 0 Å². The molecule has 1 heterocycles. The maximum atomic E-state index is 11.7. The van der Waals surface area contributed by atoms with Crippen molar-refractivity contribution in [3.8, 4) is 0 Å². The zero-order chi connectivity index (χ0) is 12.4. The Hall–Kier alpha value is 0.01000. The molecule has 0 amide bonds.